The third-order valence-electron chi connectivity index (χ3n) is 2.01. The number of para-hydroxylation sites is 2. The molecule has 2 N–H and O–H groups in total. The minimum Gasteiger partial charge on any atom is -0.506 e. The highest BCUT2D eigenvalue weighted by Gasteiger charge is 2.10. The van der Waals surface area contributed by atoms with E-state index >= 15 is 0 Å². The molecule has 1 unspecified atom stereocenters. The van der Waals surface area contributed by atoms with Gasteiger partial charge in [0.25, 0.3) is 0 Å². The highest BCUT2D eigenvalue weighted by atomic mass is 16.5. The van der Waals surface area contributed by atoms with Crippen LogP contribution in [0.5, 0.6) is 5.75 Å². The van der Waals surface area contributed by atoms with Gasteiger partial charge < -0.3 is 15.2 Å². The molecule has 4 nitrogen and oxygen atoms in total. The van der Waals surface area contributed by atoms with E-state index in [9.17, 15) is 9.90 Å². The monoisotopic (exact) mass is 209 g/mol. The zero-order valence-electron chi connectivity index (χ0n) is 8.86. The van der Waals surface area contributed by atoms with E-state index in [0.717, 1.165) is 0 Å². The fraction of sp³-hybridized carbons (Fsp3) is 0.364. The number of rotatable bonds is 4. The third kappa shape index (κ3) is 3.50. The summed E-state index contributed by atoms with van der Waals surface area (Å²) in [6, 6.07) is 6.82. The second-order valence-electron chi connectivity index (χ2n) is 3.34. The first-order chi connectivity index (χ1) is 7.13. The van der Waals surface area contributed by atoms with E-state index in [1.54, 1.807) is 18.2 Å². The molecular weight excluding hydrogens is 194 g/mol. The lowest BCUT2D eigenvalue weighted by atomic mass is 10.2. The maximum Gasteiger partial charge on any atom is 0.307 e. The summed E-state index contributed by atoms with van der Waals surface area (Å²) in [6.45, 7) is 1.85. The standard InChI is InChI=1S/C11H15NO3/c1-8(7-11(14)15-2)12-9-5-3-4-6-10(9)13/h3-6,8,12-13H,7H2,1-2H3. The van der Waals surface area contributed by atoms with Gasteiger partial charge in [-0.15, -0.1) is 0 Å². The zero-order valence-corrected chi connectivity index (χ0v) is 8.86. The first kappa shape index (κ1) is 11.4. The van der Waals surface area contributed by atoms with Gasteiger partial charge in [0.2, 0.25) is 0 Å². The van der Waals surface area contributed by atoms with Crippen LogP contribution in [0.1, 0.15) is 13.3 Å². The lowest BCUT2D eigenvalue weighted by Crippen LogP contribution is -2.20. The van der Waals surface area contributed by atoms with Crippen LogP contribution in [-0.2, 0) is 9.53 Å². The van der Waals surface area contributed by atoms with Gasteiger partial charge in [-0.25, -0.2) is 0 Å². The molecule has 1 aromatic rings. The molecule has 0 saturated carbocycles. The molecular formula is C11H15NO3. The maximum absolute atomic E-state index is 11.0. The number of aromatic hydroxyl groups is 1. The van der Waals surface area contributed by atoms with Crippen LogP contribution in [0.2, 0.25) is 0 Å². The number of ether oxygens (including phenoxy) is 1. The van der Waals surface area contributed by atoms with Crippen molar-refractivity contribution in [1.82, 2.24) is 0 Å². The van der Waals surface area contributed by atoms with E-state index in [1.165, 1.54) is 7.11 Å². The molecule has 1 atom stereocenters. The van der Waals surface area contributed by atoms with Crippen LogP contribution in [0, 0.1) is 0 Å². The van der Waals surface area contributed by atoms with Crippen molar-refractivity contribution in [2.75, 3.05) is 12.4 Å². The fourth-order valence-electron chi connectivity index (χ4n) is 1.25. The van der Waals surface area contributed by atoms with E-state index in [0.29, 0.717) is 5.69 Å². The van der Waals surface area contributed by atoms with Crippen molar-refractivity contribution in [1.29, 1.82) is 0 Å². The van der Waals surface area contributed by atoms with E-state index < -0.39 is 0 Å². The molecule has 0 fully saturated rings. The van der Waals surface area contributed by atoms with Gasteiger partial charge >= 0.3 is 5.97 Å². The zero-order chi connectivity index (χ0) is 11.3. The highest BCUT2D eigenvalue weighted by molar-refractivity contribution is 5.70. The average molecular weight is 209 g/mol. The van der Waals surface area contributed by atoms with Crippen molar-refractivity contribution in [3.8, 4) is 5.75 Å². The molecule has 82 valence electrons. The number of hydrogen-bond acceptors (Lipinski definition) is 4. The number of benzene rings is 1. The Morgan fingerprint density at radius 2 is 2.20 bits per heavy atom. The Hall–Kier alpha value is -1.71. The van der Waals surface area contributed by atoms with Gasteiger partial charge in [0.1, 0.15) is 5.75 Å². The molecule has 0 saturated heterocycles. The van der Waals surface area contributed by atoms with E-state index in [2.05, 4.69) is 10.1 Å². The molecule has 0 spiro atoms. The molecule has 1 aromatic carbocycles. The van der Waals surface area contributed by atoms with Crippen molar-refractivity contribution in [3.63, 3.8) is 0 Å². The van der Waals surface area contributed by atoms with Crippen molar-refractivity contribution in [2.45, 2.75) is 19.4 Å². The van der Waals surface area contributed by atoms with Crippen LogP contribution in [0.4, 0.5) is 5.69 Å². The van der Waals surface area contributed by atoms with Gasteiger partial charge in [-0.05, 0) is 19.1 Å². The summed E-state index contributed by atoms with van der Waals surface area (Å²) in [7, 11) is 1.36. The molecule has 0 heterocycles. The number of phenols is 1. The van der Waals surface area contributed by atoms with Gasteiger partial charge in [-0.2, -0.15) is 0 Å². The van der Waals surface area contributed by atoms with E-state index in [1.807, 2.05) is 13.0 Å². The fourth-order valence-corrected chi connectivity index (χ4v) is 1.25. The van der Waals surface area contributed by atoms with Crippen LogP contribution < -0.4 is 5.32 Å². The number of hydrogen-bond donors (Lipinski definition) is 2. The molecule has 0 aromatic heterocycles. The molecule has 0 amide bonds. The predicted molar refractivity (Wildman–Crippen MR) is 57.8 cm³/mol. The van der Waals surface area contributed by atoms with Crippen molar-refractivity contribution >= 4 is 11.7 Å². The first-order valence-electron chi connectivity index (χ1n) is 4.75. The van der Waals surface area contributed by atoms with Crippen LogP contribution >= 0.6 is 0 Å². The number of nitrogens with one attached hydrogen (secondary N) is 1. The SMILES string of the molecule is COC(=O)CC(C)Nc1ccccc1O. The van der Waals surface area contributed by atoms with Crippen molar-refractivity contribution in [3.05, 3.63) is 24.3 Å². The number of carbonyl (C=O) groups is 1. The van der Waals surface area contributed by atoms with Crippen LogP contribution in [0.25, 0.3) is 0 Å². The number of methoxy groups -OCH3 is 1. The Bertz CT molecular complexity index is 338. The van der Waals surface area contributed by atoms with E-state index in [-0.39, 0.29) is 24.2 Å². The Balaban J connectivity index is 2.55. The predicted octanol–water partition coefficient (Wildman–Crippen LogP) is 1.76. The normalized spacial score (nSPS) is 11.9. The summed E-state index contributed by atoms with van der Waals surface area (Å²) in [5.41, 5.74) is 0.619. The average Bonchev–Trinajstić information content (AvgIpc) is 2.21. The molecule has 0 aliphatic heterocycles. The second-order valence-corrected chi connectivity index (χ2v) is 3.34. The molecule has 4 heteroatoms. The smallest absolute Gasteiger partial charge is 0.307 e. The minimum absolute atomic E-state index is 0.0780. The minimum atomic E-state index is -0.273. The molecule has 0 aliphatic carbocycles. The third-order valence-corrected chi connectivity index (χ3v) is 2.01. The van der Waals surface area contributed by atoms with Gasteiger partial charge in [0.05, 0.1) is 19.2 Å². The number of esters is 1. The summed E-state index contributed by atoms with van der Waals surface area (Å²) >= 11 is 0. The quantitative estimate of drug-likeness (QED) is 0.586. The van der Waals surface area contributed by atoms with Gasteiger partial charge in [0.15, 0.2) is 0 Å². The maximum atomic E-state index is 11.0. The Morgan fingerprint density at radius 3 is 2.80 bits per heavy atom. The van der Waals surface area contributed by atoms with Gasteiger partial charge in [0, 0.05) is 6.04 Å². The van der Waals surface area contributed by atoms with E-state index in [4.69, 9.17) is 0 Å². The molecule has 1 rings (SSSR count). The number of anilines is 1. The van der Waals surface area contributed by atoms with Crippen molar-refractivity contribution < 1.29 is 14.6 Å². The number of phenolic OH excluding ortho intramolecular Hbond substituents is 1. The largest absolute Gasteiger partial charge is 0.506 e. The molecule has 15 heavy (non-hydrogen) atoms. The van der Waals surface area contributed by atoms with Crippen LogP contribution in [0.15, 0.2) is 24.3 Å². The Labute approximate surface area is 88.9 Å². The highest BCUT2D eigenvalue weighted by Crippen LogP contribution is 2.22. The topological polar surface area (TPSA) is 58.6 Å². The molecule has 0 radical (unpaired) electrons. The summed E-state index contributed by atoms with van der Waals surface area (Å²) in [5.74, 6) is -0.0976. The Morgan fingerprint density at radius 1 is 1.53 bits per heavy atom. The lowest BCUT2D eigenvalue weighted by Gasteiger charge is -2.14. The van der Waals surface area contributed by atoms with Gasteiger partial charge in [-0.3, -0.25) is 4.79 Å². The molecule has 0 bridgehead atoms. The first-order valence-corrected chi connectivity index (χ1v) is 4.75. The lowest BCUT2D eigenvalue weighted by molar-refractivity contribution is -0.140. The summed E-state index contributed by atoms with van der Waals surface area (Å²) < 4.78 is 4.55. The van der Waals surface area contributed by atoms with Crippen LogP contribution in [0.3, 0.4) is 0 Å². The van der Waals surface area contributed by atoms with Crippen LogP contribution in [-0.4, -0.2) is 24.2 Å². The number of carbonyl (C=O) groups excluding carboxylic acids is 1. The summed E-state index contributed by atoms with van der Waals surface area (Å²) in [5, 5.41) is 12.5. The Kier molecular flexibility index (Phi) is 3.97. The second kappa shape index (κ2) is 5.24. The summed E-state index contributed by atoms with van der Waals surface area (Å²) in [4.78, 5) is 11.0. The summed E-state index contributed by atoms with van der Waals surface area (Å²) in [6.07, 6.45) is 0.269. The van der Waals surface area contributed by atoms with Crippen molar-refractivity contribution in [2.24, 2.45) is 0 Å². The van der Waals surface area contributed by atoms with Gasteiger partial charge in [-0.1, -0.05) is 12.1 Å². The molecule has 0 aliphatic rings.